The van der Waals surface area contributed by atoms with E-state index in [1.807, 2.05) is 81.6 Å². The van der Waals surface area contributed by atoms with E-state index in [2.05, 4.69) is 11.1 Å². The van der Waals surface area contributed by atoms with Gasteiger partial charge in [-0.15, -0.1) is 0 Å². The monoisotopic (exact) mass is 358 g/mol. The first-order valence-corrected chi connectivity index (χ1v) is 9.03. The summed E-state index contributed by atoms with van der Waals surface area (Å²) in [6.07, 6.45) is 2.02. The van der Waals surface area contributed by atoms with E-state index in [0.29, 0.717) is 6.61 Å². The number of hydrogen-bond acceptors (Lipinski definition) is 3. The summed E-state index contributed by atoms with van der Waals surface area (Å²) < 4.78 is 5.87. The predicted octanol–water partition coefficient (Wildman–Crippen LogP) is 4.45. The number of nitrogens with zero attached hydrogens (tertiary/aromatic N) is 2. The molecule has 136 valence electrons. The Labute approximate surface area is 159 Å². The number of rotatable bonds is 4. The van der Waals surface area contributed by atoms with Gasteiger partial charge < -0.3 is 9.64 Å². The molecule has 27 heavy (non-hydrogen) atoms. The summed E-state index contributed by atoms with van der Waals surface area (Å²) >= 11 is 0. The van der Waals surface area contributed by atoms with Crippen LogP contribution in [0.5, 0.6) is 5.75 Å². The fourth-order valence-electron chi connectivity index (χ4n) is 3.24. The average Bonchev–Trinajstić information content (AvgIpc) is 2.89. The van der Waals surface area contributed by atoms with Crippen molar-refractivity contribution in [3.8, 4) is 5.75 Å². The second-order valence-corrected chi connectivity index (χ2v) is 7.38. The van der Waals surface area contributed by atoms with Crippen molar-refractivity contribution in [1.29, 1.82) is 0 Å². The summed E-state index contributed by atoms with van der Waals surface area (Å²) in [5, 5.41) is 1.12. The van der Waals surface area contributed by atoms with Gasteiger partial charge in [-0.3, -0.25) is 4.79 Å². The maximum absolute atomic E-state index is 12.4. The van der Waals surface area contributed by atoms with Crippen LogP contribution in [0.3, 0.4) is 0 Å². The lowest BCUT2D eigenvalue weighted by Crippen LogP contribution is -2.38. The second kappa shape index (κ2) is 6.54. The minimum absolute atomic E-state index is 0.0500. The summed E-state index contributed by atoms with van der Waals surface area (Å²) in [5.41, 5.74) is 3.24. The molecule has 0 spiro atoms. The molecule has 0 aliphatic carbocycles. The van der Waals surface area contributed by atoms with Crippen molar-refractivity contribution in [2.24, 2.45) is 0 Å². The number of amides is 1. The Hall–Kier alpha value is -3.14. The normalized spacial score (nSPS) is 15.9. The van der Waals surface area contributed by atoms with Crippen LogP contribution in [-0.4, -0.2) is 28.4 Å². The highest BCUT2D eigenvalue weighted by molar-refractivity contribution is 6.22. The summed E-state index contributed by atoms with van der Waals surface area (Å²) in [7, 11) is 1.83. The van der Waals surface area contributed by atoms with Gasteiger partial charge in [-0.2, -0.15) is 0 Å². The summed E-state index contributed by atoms with van der Waals surface area (Å²) in [6, 6.07) is 19.7. The van der Waals surface area contributed by atoms with Crippen molar-refractivity contribution < 1.29 is 9.53 Å². The molecule has 3 aromatic rings. The van der Waals surface area contributed by atoms with Gasteiger partial charge in [0, 0.05) is 18.0 Å². The molecule has 0 N–H and O–H groups in total. The zero-order valence-corrected chi connectivity index (χ0v) is 15.8. The minimum Gasteiger partial charge on any atom is -0.487 e. The van der Waals surface area contributed by atoms with Crippen LogP contribution in [0, 0.1) is 0 Å². The topological polar surface area (TPSA) is 42.4 Å². The van der Waals surface area contributed by atoms with E-state index in [1.165, 1.54) is 0 Å². The van der Waals surface area contributed by atoms with Crippen LogP contribution in [0.15, 0.2) is 66.7 Å². The van der Waals surface area contributed by atoms with Gasteiger partial charge in [-0.25, -0.2) is 4.98 Å². The Morgan fingerprint density at radius 1 is 1.00 bits per heavy atom. The second-order valence-electron chi connectivity index (χ2n) is 7.38. The molecule has 1 aliphatic rings. The van der Waals surface area contributed by atoms with Gasteiger partial charge >= 0.3 is 0 Å². The molecule has 1 aromatic heterocycles. The maximum Gasteiger partial charge on any atom is 0.254 e. The number of carbonyl (C=O) groups excluding carboxylic acids is 1. The fraction of sp³-hybridized carbons (Fsp3) is 0.217. The first-order chi connectivity index (χ1) is 12.9. The van der Waals surface area contributed by atoms with Crippen molar-refractivity contribution in [2.75, 3.05) is 7.05 Å². The van der Waals surface area contributed by atoms with E-state index >= 15 is 0 Å². The number of carbonyl (C=O) groups is 1. The van der Waals surface area contributed by atoms with Crippen LogP contribution in [0.1, 0.15) is 25.1 Å². The van der Waals surface area contributed by atoms with Gasteiger partial charge in [-0.05, 0) is 49.8 Å². The van der Waals surface area contributed by atoms with Crippen LogP contribution in [-0.2, 0) is 11.4 Å². The average molecular weight is 358 g/mol. The standard InChI is InChI=1S/C23H22N2O2/c1-23(2)14-20(22(26)25(23)3)16-9-12-19(13-10-16)27-15-18-11-8-17-6-4-5-7-21(17)24-18/h4-14H,15H2,1-3H3. The van der Waals surface area contributed by atoms with Crippen molar-refractivity contribution in [3.63, 3.8) is 0 Å². The van der Waals surface area contributed by atoms with E-state index in [9.17, 15) is 4.79 Å². The molecule has 4 nitrogen and oxygen atoms in total. The largest absolute Gasteiger partial charge is 0.487 e. The molecule has 0 saturated heterocycles. The Kier molecular flexibility index (Phi) is 4.19. The lowest BCUT2D eigenvalue weighted by Gasteiger charge is -2.26. The first-order valence-electron chi connectivity index (χ1n) is 9.03. The molecular formula is C23H22N2O2. The lowest BCUT2D eigenvalue weighted by molar-refractivity contribution is -0.125. The van der Waals surface area contributed by atoms with Gasteiger partial charge in [0.05, 0.1) is 16.7 Å². The molecule has 2 aromatic carbocycles. The van der Waals surface area contributed by atoms with E-state index in [-0.39, 0.29) is 11.4 Å². The Bertz CT molecular complexity index is 1040. The van der Waals surface area contributed by atoms with Crippen molar-refractivity contribution in [2.45, 2.75) is 26.0 Å². The molecule has 1 amide bonds. The number of benzene rings is 2. The molecule has 1 aliphatic heterocycles. The smallest absolute Gasteiger partial charge is 0.254 e. The van der Waals surface area contributed by atoms with Gasteiger partial charge in [0.15, 0.2) is 0 Å². The number of fused-ring (bicyclic) bond motifs is 1. The highest BCUT2D eigenvalue weighted by Gasteiger charge is 2.35. The number of pyridine rings is 1. The fourth-order valence-corrected chi connectivity index (χ4v) is 3.24. The van der Waals surface area contributed by atoms with Gasteiger partial charge in [0.1, 0.15) is 12.4 Å². The van der Waals surface area contributed by atoms with E-state index in [4.69, 9.17) is 4.74 Å². The minimum atomic E-state index is -0.261. The van der Waals surface area contributed by atoms with Crippen molar-refractivity contribution >= 4 is 22.4 Å². The zero-order valence-electron chi connectivity index (χ0n) is 15.8. The third-order valence-corrected chi connectivity index (χ3v) is 5.11. The van der Waals surface area contributed by atoms with Crippen LogP contribution in [0.4, 0.5) is 0 Å². The Balaban J connectivity index is 1.47. The van der Waals surface area contributed by atoms with Crippen LogP contribution >= 0.6 is 0 Å². The van der Waals surface area contributed by atoms with E-state index in [0.717, 1.165) is 33.5 Å². The van der Waals surface area contributed by atoms with Crippen LogP contribution < -0.4 is 4.74 Å². The predicted molar refractivity (Wildman–Crippen MR) is 107 cm³/mol. The van der Waals surface area contributed by atoms with Crippen LogP contribution in [0.25, 0.3) is 16.5 Å². The van der Waals surface area contributed by atoms with E-state index < -0.39 is 0 Å². The molecule has 4 rings (SSSR count). The van der Waals surface area contributed by atoms with Gasteiger partial charge in [0.25, 0.3) is 5.91 Å². The molecular weight excluding hydrogens is 336 g/mol. The number of ether oxygens (including phenoxy) is 1. The third-order valence-electron chi connectivity index (χ3n) is 5.11. The van der Waals surface area contributed by atoms with Crippen LogP contribution in [0.2, 0.25) is 0 Å². The SMILES string of the molecule is CN1C(=O)C(c2ccc(OCc3ccc4ccccc4n3)cc2)=CC1(C)C. The first kappa shape index (κ1) is 17.3. The quantitative estimate of drug-likeness (QED) is 0.692. The summed E-state index contributed by atoms with van der Waals surface area (Å²) in [5.74, 6) is 0.807. The van der Waals surface area contributed by atoms with E-state index in [1.54, 1.807) is 4.90 Å². The Morgan fingerprint density at radius 2 is 1.74 bits per heavy atom. The number of likely N-dealkylation sites (N-methyl/N-ethyl adjacent to an activating group) is 1. The molecule has 2 heterocycles. The molecule has 0 atom stereocenters. The number of hydrogen-bond donors (Lipinski definition) is 0. The molecule has 0 unspecified atom stereocenters. The maximum atomic E-state index is 12.4. The van der Waals surface area contributed by atoms with Crippen molar-refractivity contribution in [1.82, 2.24) is 9.88 Å². The molecule has 0 bridgehead atoms. The highest BCUT2D eigenvalue weighted by Crippen LogP contribution is 2.32. The summed E-state index contributed by atoms with van der Waals surface area (Å²) in [4.78, 5) is 18.8. The van der Waals surface area contributed by atoms with Gasteiger partial charge in [-0.1, -0.05) is 36.4 Å². The number of para-hydroxylation sites is 1. The molecule has 4 heteroatoms. The van der Waals surface area contributed by atoms with Gasteiger partial charge in [0.2, 0.25) is 0 Å². The highest BCUT2D eigenvalue weighted by atomic mass is 16.5. The molecule has 0 radical (unpaired) electrons. The molecule has 0 saturated carbocycles. The lowest BCUT2D eigenvalue weighted by atomic mass is 10.0. The molecule has 0 fully saturated rings. The van der Waals surface area contributed by atoms with Crippen molar-refractivity contribution in [3.05, 3.63) is 78.0 Å². The number of aromatic nitrogens is 1. The third kappa shape index (κ3) is 3.31. The Morgan fingerprint density at radius 3 is 2.44 bits per heavy atom. The zero-order chi connectivity index (χ0) is 19.0. The summed E-state index contributed by atoms with van der Waals surface area (Å²) in [6.45, 7) is 4.47.